The van der Waals surface area contributed by atoms with E-state index in [1.807, 2.05) is 0 Å². The van der Waals surface area contributed by atoms with E-state index in [0.717, 1.165) is 13.4 Å². The number of nitrogens with zero attached hydrogens (tertiary/aromatic N) is 3. The van der Waals surface area contributed by atoms with Crippen molar-refractivity contribution in [2.75, 3.05) is 83.1 Å². The normalized spacial score (nSPS) is 11.6. The number of hydrogen-bond acceptors (Lipinski definition) is 3. The molecule has 0 aliphatic rings. The number of hydrogen-bond donors (Lipinski definition) is 0. The average molecular weight is 744 g/mol. The second kappa shape index (κ2) is 43.6. The van der Waals surface area contributed by atoms with E-state index in [0.29, 0.717) is 0 Å². The predicted molar refractivity (Wildman–Crippen MR) is 230 cm³/mol. The van der Waals surface area contributed by atoms with Gasteiger partial charge in [-0.15, -0.1) is 0 Å². The topological polar surface area (TPSA) is 69.2 Å². The molecule has 52 heavy (non-hydrogen) atoms. The lowest BCUT2D eigenvalue weighted by atomic mass is 10.1. The van der Waals surface area contributed by atoms with Crippen LogP contribution < -0.4 is 15.1 Å². The molecule has 318 valence electrons. The van der Waals surface area contributed by atoms with Crippen LogP contribution in [0.5, 0.6) is 0 Å². The van der Waals surface area contributed by atoms with Crippen molar-refractivity contribution in [3.8, 4) is 0 Å². The highest BCUT2D eigenvalue weighted by Gasteiger charge is 2.06. The third-order valence-corrected chi connectivity index (χ3v) is 9.55. The Bertz CT molecular complexity index is 547. The molecule has 0 rings (SSSR count). The van der Waals surface area contributed by atoms with E-state index >= 15 is 0 Å². The summed E-state index contributed by atoms with van der Waals surface area (Å²) in [6.07, 6.45) is 43.2. The number of quaternary nitrogens is 3. The van der Waals surface area contributed by atoms with Gasteiger partial charge in [0.1, 0.15) is 0 Å². The van der Waals surface area contributed by atoms with Gasteiger partial charge in [0.25, 0.3) is 0 Å². The van der Waals surface area contributed by atoms with Crippen LogP contribution in [0, 0.1) is 0 Å². The second-order valence-electron chi connectivity index (χ2n) is 18.9. The van der Waals surface area contributed by atoms with Crippen molar-refractivity contribution in [3.63, 3.8) is 0 Å². The molecule has 0 N–H and O–H groups in total. The molecular weight excluding hydrogens is 641 g/mol. The minimum atomic E-state index is -2.92. The van der Waals surface area contributed by atoms with E-state index < -0.39 is 7.32 Å². The molecule has 0 aliphatic carbocycles. The van der Waals surface area contributed by atoms with Crippen molar-refractivity contribution < 1.29 is 28.5 Å². The van der Waals surface area contributed by atoms with E-state index in [1.165, 1.54) is 212 Å². The zero-order valence-electron chi connectivity index (χ0n) is 38.5. The van der Waals surface area contributed by atoms with Crippen molar-refractivity contribution in [1.29, 1.82) is 0 Å². The van der Waals surface area contributed by atoms with Gasteiger partial charge < -0.3 is 28.5 Å². The first-order valence-corrected chi connectivity index (χ1v) is 22.8. The largest absolute Gasteiger partial charge is 0.907 e. The lowest BCUT2D eigenvalue weighted by molar-refractivity contribution is -0.870. The third kappa shape index (κ3) is 78.8. The summed E-state index contributed by atoms with van der Waals surface area (Å²) in [5, 5.41) is 25.2. The van der Waals surface area contributed by atoms with Crippen LogP contribution in [0.4, 0.5) is 0 Å². The van der Waals surface area contributed by atoms with Gasteiger partial charge in [0.2, 0.25) is 0 Å². The highest BCUT2D eigenvalue weighted by atomic mass is 16.5. The Morgan fingerprint density at radius 2 is 0.365 bits per heavy atom. The highest BCUT2D eigenvalue weighted by molar-refractivity contribution is 6.24. The molecule has 0 saturated heterocycles. The summed E-state index contributed by atoms with van der Waals surface area (Å²) in [5.41, 5.74) is 0. The van der Waals surface area contributed by atoms with Gasteiger partial charge in [-0.05, 0) is 38.5 Å². The number of unbranched alkanes of at least 4 members (excludes halogenated alkanes) is 27. The van der Waals surface area contributed by atoms with Gasteiger partial charge in [0.15, 0.2) is 0 Å². The third-order valence-electron chi connectivity index (χ3n) is 9.55. The smallest absolute Gasteiger partial charge is 0.0780 e. The molecule has 0 aromatic carbocycles. The molecule has 0 heterocycles. The fraction of sp³-hybridized carbons (Fsp3) is 1.00. The molecule has 0 fully saturated rings. The molecular formula is C45H102BN3O3. The second-order valence-corrected chi connectivity index (χ2v) is 18.9. The molecule has 0 unspecified atom stereocenters. The quantitative estimate of drug-likeness (QED) is 0.0382. The lowest BCUT2D eigenvalue weighted by Gasteiger charge is -2.35. The predicted octanol–water partition coefficient (Wildman–Crippen LogP) is 9.89. The minimum Gasteiger partial charge on any atom is -0.907 e. The summed E-state index contributed by atoms with van der Waals surface area (Å²) in [6.45, 7) is 10.8. The molecule has 0 aliphatic heterocycles. The zero-order valence-corrected chi connectivity index (χ0v) is 38.5. The highest BCUT2D eigenvalue weighted by Crippen LogP contribution is 2.13. The van der Waals surface area contributed by atoms with E-state index in [1.54, 1.807) is 0 Å². The van der Waals surface area contributed by atoms with Crippen LogP contribution in [-0.2, 0) is 0 Å². The number of rotatable bonds is 33. The van der Waals surface area contributed by atoms with E-state index in [9.17, 15) is 0 Å². The Hall–Kier alpha value is -0.175. The van der Waals surface area contributed by atoms with Crippen LogP contribution in [0.25, 0.3) is 0 Å². The maximum atomic E-state index is 8.42. The Kier molecular flexibility index (Phi) is 49.0. The molecule has 0 bridgehead atoms. The van der Waals surface area contributed by atoms with Crippen LogP contribution in [-0.4, -0.2) is 104 Å². The van der Waals surface area contributed by atoms with Gasteiger partial charge in [-0.2, -0.15) is 0 Å². The van der Waals surface area contributed by atoms with Crippen molar-refractivity contribution in [1.82, 2.24) is 0 Å². The Labute approximate surface area is 331 Å². The Morgan fingerprint density at radius 1 is 0.250 bits per heavy atom. The molecule has 0 aromatic rings. The zero-order chi connectivity index (χ0) is 40.4. The van der Waals surface area contributed by atoms with Gasteiger partial charge in [-0.25, -0.2) is 0 Å². The monoisotopic (exact) mass is 744 g/mol. The van der Waals surface area contributed by atoms with E-state index in [-0.39, 0.29) is 0 Å². The first-order chi connectivity index (χ1) is 24.4. The van der Waals surface area contributed by atoms with Crippen LogP contribution in [0.15, 0.2) is 0 Å². The van der Waals surface area contributed by atoms with Crippen LogP contribution in [0.1, 0.15) is 213 Å². The SMILES string of the molecule is CCCCCCCCCCCC[N+](C)(C)C.CCCCCCCCCCCC[N+](C)(C)C.CCCCCCCCCCCC[N+](C)(C)C.[O-]B([O-])[O-]. The first-order valence-electron chi connectivity index (χ1n) is 22.8. The van der Waals surface area contributed by atoms with Gasteiger partial charge in [-0.3, -0.25) is 7.32 Å². The van der Waals surface area contributed by atoms with E-state index in [2.05, 4.69) is 84.2 Å². The molecule has 0 amide bonds. The summed E-state index contributed by atoms with van der Waals surface area (Å²) < 4.78 is 3.37. The molecule has 0 aromatic heterocycles. The standard InChI is InChI=1S/3C15H34N.BO3/c3*1-5-6-7-8-9-10-11-12-13-14-15-16(2,3)4;2-1(3)4/h3*5-15H2,1-4H3;/q3*+1;-3. The van der Waals surface area contributed by atoms with Crippen molar-refractivity contribution in [2.45, 2.75) is 213 Å². The molecule has 7 heteroatoms. The van der Waals surface area contributed by atoms with Crippen molar-refractivity contribution in [2.24, 2.45) is 0 Å². The molecule has 0 radical (unpaired) electrons. The van der Waals surface area contributed by atoms with Gasteiger partial charge >= 0.3 is 0 Å². The molecule has 0 atom stereocenters. The van der Waals surface area contributed by atoms with Crippen molar-refractivity contribution in [3.05, 3.63) is 0 Å². The van der Waals surface area contributed by atoms with Crippen LogP contribution in [0.3, 0.4) is 0 Å². The van der Waals surface area contributed by atoms with Crippen LogP contribution >= 0.6 is 0 Å². The lowest BCUT2D eigenvalue weighted by Crippen LogP contribution is -2.56. The molecule has 0 spiro atoms. The summed E-state index contributed by atoms with van der Waals surface area (Å²) in [5.74, 6) is 0. The fourth-order valence-electron chi connectivity index (χ4n) is 6.22. The maximum Gasteiger partial charge on any atom is 0.0780 e. The van der Waals surface area contributed by atoms with Gasteiger partial charge in [-0.1, -0.05) is 175 Å². The summed E-state index contributed by atoms with van der Waals surface area (Å²) in [6, 6.07) is 0. The average Bonchev–Trinajstić information content (AvgIpc) is 3.02. The minimum absolute atomic E-state index is 1.12. The van der Waals surface area contributed by atoms with E-state index in [4.69, 9.17) is 15.1 Å². The Morgan fingerprint density at radius 3 is 0.481 bits per heavy atom. The van der Waals surface area contributed by atoms with Crippen molar-refractivity contribution >= 4 is 7.32 Å². The summed E-state index contributed by atoms with van der Waals surface area (Å²) in [7, 11) is 17.7. The summed E-state index contributed by atoms with van der Waals surface area (Å²) in [4.78, 5) is 0. The van der Waals surface area contributed by atoms with Crippen LogP contribution in [0.2, 0.25) is 0 Å². The van der Waals surface area contributed by atoms with Gasteiger partial charge in [0.05, 0.1) is 83.1 Å². The molecule has 6 nitrogen and oxygen atoms in total. The maximum absolute atomic E-state index is 8.42. The molecule has 0 saturated carbocycles. The first kappa shape index (κ1) is 58.5. The van der Waals surface area contributed by atoms with Gasteiger partial charge in [0, 0.05) is 0 Å². The Balaban J connectivity index is -0.000000315. The summed E-state index contributed by atoms with van der Waals surface area (Å²) >= 11 is 0. The fourth-order valence-corrected chi connectivity index (χ4v) is 6.22.